The highest BCUT2D eigenvalue weighted by Gasteiger charge is 2.20. The molecule has 0 radical (unpaired) electrons. The first kappa shape index (κ1) is 14.6. The van der Waals surface area contributed by atoms with Crippen LogP contribution in [0.15, 0.2) is 23.1 Å². The van der Waals surface area contributed by atoms with Crippen LogP contribution in [0.1, 0.15) is 17.3 Å². The SMILES string of the molecule is C[C@H](CO)NS(=O)(=O)c1ccc(F)c(C(=O)O)c1. The molecule has 8 heteroatoms. The Morgan fingerprint density at radius 2 is 2.11 bits per heavy atom. The molecule has 0 saturated carbocycles. The van der Waals surface area contributed by atoms with Crippen LogP contribution in [0.3, 0.4) is 0 Å². The highest BCUT2D eigenvalue weighted by Crippen LogP contribution is 2.15. The van der Waals surface area contributed by atoms with Gasteiger partial charge in [0.25, 0.3) is 0 Å². The molecule has 1 rings (SSSR count). The van der Waals surface area contributed by atoms with Crippen molar-refractivity contribution in [2.45, 2.75) is 17.9 Å². The van der Waals surface area contributed by atoms with Crippen LogP contribution in [-0.4, -0.2) is 37.2 Å². The van der Waals surface area contributed by atoms with Crippen molar-refractivity contribution in [1.82, 2.24) is 4.72 Å². The molecule has 0 aliphatic carbocycles. The Kier molecular flexibility index (Phi) is 4.38. The summed E-state index contributed by atoms with van der Waals surface area (Å²) < 4.78 is 38.7. The van der Waals surface area contributed by atoms with Crippen molar-refractivity contribution in [3.8, 4) is 0 Å². The highest BCUT2D eigenvalue weighted by molar-refractivity contribution is 7.89. The second-order valence-electron chi connectivity index (χ2n) is 3.65. The van der Waals surface area contributed by atoms with Crippen molar-refractivity contribution in [2.24, 2.45) is 0 Å². The molecule has 0 aromatic heterocycles. The lowest BCUT2D eigenvalue weighted by molar-refractivity contribution is 0.0691. The van der Waals surface area contributed by atoms with Gasteiger partial charge in [0.05, 0.1) is 17.1 Å². The van der Waals surface area contributed by atoms with Gasteiger partial charge in [-0.05, 0) is 25.1 Å². The number of sulfonamides is 1. The van der Waals surface area contributed by atoms with Gasteiger partial charge < -0.3 is 10.2 Å². The molecule has 3 N–H and O–H groups in total. The van der Waals surface area contributed by atoms with Crippen molar-refractivity contribution in [3.05, 3.63) is 29.6 Å². The summed E-state index contributed by atoms with van der Waals surface area (Å²) in [6, 6.07) is 1.72. The summed E-state index contributed by atoms with van der Waals surface area (Å²) in [7, 11) is -3.98. The van der Waals surface area contributed by atoms with Crippen molar-refractivity contribution >= 4 is 16.0 Å². The van der Waals surface area contributed by atoms with Crippen LogP contribution in [0.2, 0.25) is 0 Å². The third-order valence-corrected chi connectivity index (χ3v) is 3.70. The number of hydrogen-bond donors (Lipinski definition) is 3. The first-order chi connectivity index (χ1) is 8.27. The zero-order chi connectivity index (χ0) is 13.9. The van der Waals surface area contributed by atoms with E-state index >= 15 is 0 Å². The second-order valence-corrected chi connectivity index (χ2v) is 5.37. The average molecular weight is 277 g/mol. The minimum atomic E-state index is -3.98. The van der Waals surface area contributed by atoms with E-state index in [1.165, 1.54) is 6.92 Å². The monoisotopic (exact) mass is 277 g/mol. The molecule has 100 valence electrons. The van der Waals surface area contributed by atoms with Crippen molar-refractivity contribution < 1.29 is 27.8 Å². The molecule has 0 bridgehead atoms. The average Bonchev–Trinajstić information content (AvgIpc) is 2.28. The van der Waals surface area contributed by atoms with E-state index in [9.17, 15) is 17.6 Å². The molecule has 0 spiro atoms. The number of halogens is 1. The van der Waals surface area contributed by atoms with Gasteiger partial charge in [0.1, 0.15) is 5.82 Å². The molecule has 0 fully saturated rings. The minimum absolute atomic E-state index is 0.374. The van der Waals surface area contributed by atoms with Gasteiger partial charge in [-0.1, -0.05) is 0 Å². The number of carboxylic acids is 1. The van der Waals surface area contributed by atoms with Crippen molar-refractivity contribution in [1.29, 1.82) is 0 Å². The number of hydrogen-bond acceptors (Lipinski definition) is 4. The van der Waals surface area contributed by atoms with Gasteiger partial charge in [-0.2, -0.15) is 0 Å². The van der Waals surface area contributed by atoms with E-state index in [-0.39, 0.29) is 4.90 Å². The predicted octanol–water partition coefficient (Wildman–Crippen LogP) is 0.183. The number of aliphatic hydroxyl groups is 1. The third-order valence-electron chi connectivity index (χ3n) is 2.11. The maximum Gasteiger partial charge on any atom is 0.338 e. The number of aliphatic hydroxyl groups excluding tert-OH is 1. The molecular formula is C10H12FNO5S. The summed E-state index contributed by atoms with van der Waals surface area (Å²) in [5, 5.41) is 17.4. The van der Waals surface area contributed by atoms with Crippen molar-refractivity contribution in [3.63, 3.8) is 0 Å². The van der Waals surface area contributed by atoms with Crippen LogP contribution in [-0.2, 0) is 10.0 Å². The fourth-order valence-corrected chi connectivity index (χ4v) is 2.47. The van der Waals surface area contributed by atoms with Gasteiger partial charge in [0.15, 0.2) is 0 Å². The molecule has 1 aromatic carbocycles. The van der Waals surface area contributed by atoms with E-state index in [4.69, 9.17) is 10.2 Å². The van der Waals surface area contributed by atoms with Crippen LogP contribution in [0, 0.1) is 5.82 Å². The van der Waals surface area contributed by atoms with E-state index in [0.717, 1.165) is 18.2 Å². The molecule has 0 aliphatic rings. The molecule has 0 amide bonds. The summed E-state index contributed by atoms with van der Waals surface area (Å²) >= 11 is 0. The lowest BCUT2D eigenvalue weighted by Gasteiger charge is -2.12. The van der Waals surface area contributed by atoms with Crippen LogP contribution < -0.4 is 4.72 Å². The summed E-state index contributed by atoms with van der Waals surface area (Å²) in [5.41, 5.74) is -0.727. The van der Waals surface area contributed by atoms with Gasteiger partial charge in [-0.15, -0.1) is 0 Å². The minimum Gasteiger partial charge on any atom is -0.478 e. The molecule has 0 aliphatic heterocycles. The number of carboxylic acid groups (broad SMARTS) is 1. The normalized spacial score (nSPS) is 13.3. The Balaban J connectivity index is 3.18. The van der Waals surface area contributed by atoms with E-state index < -0.39 is 40.0 Å². The Bertz CT molecular complexity index is 557. The summed E-state index contributed by atoms with van der Waals surface area (Å²) in [5.74, 6) is -2.57. The Morgan fingerprint density at radius 1 is 1.50 bits per heavy atom. The largest absolute Gasteiger partial charge is 0.478 e. The third kappa shape index (κ3) is 3.25. The Hall–Kier alpha value is -1.51. The van der Waals surface area contributed by atoms with Gasteiger partial charge >= 0.3 is 5.97 Å². The molecule has 18 heavy (non-hydrogen) atoms. The molecule has 0 saturated heterocycles. The highest BCUT2D eigenvalue weighted by atomic mass is 32.2. The summed E-state index contributed by atoms with van der Waals surface area (Å²) in [6.07, 6.45) is 0. The van der Waals surface area contributed by atoms with E-state index in [1.807, 2.05) is 0 Å². The van der Waals surface area contributed by atoms with Crippen LogP contribution in [0.5, 0.6) is 0 Å². The second kappa shape index (κ2) is 5.42. The number of aromatic carboxylic acids is 1. The lowest BCUT2D eigenvalue weighted by Crippen LogP contribution is -2.35. The van der Waals surface area contributed by atoms with Crippen molar-refractivity contribution in [2.75, 3.05) is 6.61 Å². The Morgan fingerprint density at radius 3 is 2.61 bits per heavy atom. The maximum atomic E-state index is 13.1. The fourth-order valence-electron chi connectivity index (χ4n) is 1.21. The van der Waals surface area contributed by atoms with Gasteiger partial charge in [0.2, 0.25) is 10.0 Å². The number of nitrogens with one attached hydrogen (secondary N) is 1. The zero-order valence-electron chi connectivity index (χ0n) is 9.42. The smallest absolute Gasteiger partial charge is 0.338 e. The zero-order valence-corrected chi connectivity index (χ0v) is 10.2. The molecule has 0 unspecified atom stereocenters. The van der Waals surface area contributed by atoms with E-state index in [1.54, 1.807) is 0 Å². The quantitative estimate of drug-likeness (QED) is 0.712. The van der Waals surface area contributed by atoms with Crippen LogP contribution in [0.4, 0.5) is 4.39 Å². The number of carbonyl (C=O) groups is 1. The predicted molar refractivity (Wildman–Crippen MR) is 60.2 cm³/mol. The van der Waals surface area contributed by atoms with Gasteiger partial charge in [0, 0.05) is 6.04 Å². The van der Waals surface area contributed by atoms with E-state index in [0.29, 0.717) is 0 Å². The molecular weight excluding hydrogens is 265 g/mol. The molecule has 0 heterocycles. The first-order valence-corrected chi connectivity index (χ1v) is 6.42. The van der Waals surface area contributed by atoms with Crippen LogP contribution >= 0.6 is 0 Å². The van der Waals surface area contributed by atoms with Gasteiger partial charge in [-0.25, -0.2) is 22.3 Å². The number of rotatable bonds is 5. The molecule has 1 atom stereocenters. The Labute approximate surface area is 103 Å². The topological polar surface area (TPSA) is 104 Å². The number of benzene rings is 1. The summed E-state index contributed by atoms with van der Waals surface area (Å²) in [4.78, 5) is 10.3. The maximum absolute atomic E-state index is 13.1. The fraction of sp³-hybridized carbons (Fsp3) is 0.300. The lowest BCUT2D eigenvalue weighted by atomic mass is 10.2. The first-order valence-electron chi connectivity index (χ1n) is 4.94. The summed E-state index contributed by atoms with van der Waals surface area (Å²) in [6.45, 7) is 1.02. The standard InChI is InChI=1S/C10H12FNO5S/c1-6(5-13)12-18(16,17)7-2-3-9(11)8(4-7)10(14)15/h2-4,6,12-13H,5H2,1H3,(H,14,15)/t6-/m1/s1. The van der Waals surface area contributed by atoms with Crippen LogP contribution in [0.25, 0.3) is 0 Å². The molecule has 1 aromatic rings. The molecule has 6 nitrogen and oxygen atoms in total. The van der Waals surface area contributed by atoms with E-state index in [2.05, 4.69) is 4.72 Å². The van der Waals surface area contributed by atoms with Gasteiger partial charge in [-0.3, -0.25) is 0 Å².